The Morgan fingerprint density at radius 1 is 0.943 bits per heavy atom. The van der Waals surface area contributed by atoms with Crippen LogP contribution in [-0.2, 0) is 14.3 Å². The summed E-state index contributed by atoms with van der Waals surface area (Å²) >= 11 is 0. The first-order valence-corrected chi connectivity index (χ1v) is 12.6. The van der Waals surface area contributed by atoms with E-state index in [2.05, 4.69) is 29.6 Å². The van der Waals surface area contributed by atoms with Gasteiger partial charge in [-0.05, 0) is 54.4 Å². The number of aliphatic carboxylic acids is 1. The molecule has 0 unspecified atom stereocenters. The smallest absolute Gasteiger partial charge is 0.407 e. The lowest BCUT2D eigenvalue weighted by Gasteiger charge is -2.37. The van der Waals surface area contributed by atoms with Gasteiger partial charge in [-0.15, -0.1) is 0 Å². The van der Waals surface area contributed by atoms with Crippen LogP contribution < -0.4 is 5.32 Å². The summed E-state index contributed by atoms with van der Waals surface area (Å²) in [6.45, 7) is 0.675. The van der Waals surface area contributed by atoms with Crippen LogP contribution in [0.15, 0.2) is 48.5 Å². The molecule has 0 spiro atoms. The Morgan fingerprint density at radius 3 is 2.20 bits per heavy atom. The van der Waals surface area contributed by atoms with Crippen molar-refractivity contribution < 1.29 is 24.2 Å². The molecule has 2 aliphatic carbocycles. The van der Waals surface area contributed by atoms with Crippen molar-refractivity contribution in [3.8, 4) is 11.1 Å². The van der Waals surface area contributed by atoms with E-state index in [0.717, 1.165) is 36.8 Å². The van der Waals surface area contributed by atoms with Crippen LogP contribution in [0.25, 0.3) is 11.1 Å². The third kappa shape index (κ3) is 4.64. The van der Waals surface area contributed by atoms with Gasteiger partial charge in [0.05, 0.1) is 12.0 Å². The summed E-state index contributed by atoms with van der Waals surface area (Å²) in [5.41, 5.74) is 3.96. The molecule has 2 amide bonds. The van der Waals surface area contributed by atoms with E-state index < -0.39 is 23.6 Å². The number of carbonyl (C=O) groups is 3. The molecule has 1 saturated carbocycles. The van der Waals surface area contributed by atoms with Crippen molar-refractivity contribution in [2.45, 2.75) is 68.9 Å². The standard InChI is InChI=1S/C28H32N2O5/c31-25(30-16-8-5-13-24(30)26(32)33)17-28(14-6-7-15-28)29-27(34)35-18-23-21-11-3-1-9-19(21)20-10-2-4-12-22(20)23/h1-4,9-12,23-24H,5-8,13-18H2,(H,29,34)(H,32,33)/t24-/m1/s1. The third-order valence-corrected chi connectivity index (χ3v) is 7.87. The molecule has 2 fully saturated rings. The van der Waals surface area contributed by atoms with E-state index in [9.17, 15) is 19.5 Å². The van der Waals surface area contributed by atoms with Gasteiger partial charge in [0.1, 0.15) is 12.6 Å². The lowest BCUT2D eigenvalue weighted by atomic mass is 9.91. The second kappa shape index (κ2) is 9.72. The number of fused-ring (bicyclic) bond motifs is 3. The van der Waals surface area contributed by atoms with Crippen molar-refractivity contribution in [2.75, 3.05) is 13.2 Å². The molecule has 7 heteroatoms. The zero-order valence-corrected chi connectivity index (χ0v) is 19.9. The normalized spacial score (nSPS) is 20.7. The molecule has 35 heavy (non-hydrogen) atoms. The van der Waals surface area contributed by atoms with Gasteiger partial charge in [0.15, 0.2) is 0 Å². The Balaban J connectivity index is 1.25. The number of carboxylic acids is 1. The molecule has 0 aromatic heterocycles. The summed E-state index contributed by atoms with van der Waals surface area (Å²) in [5, 5.41) is 12.6. The monoisotopic (exact) mass is 476 g/mol. The zero-order chi connectivity index (χ0) is 24.4. The molecule has 0 radical (unpaired) electrons. The fourth-order valence-electron chi connectivity index (χ4n) is 6.13. The van der Waals surface area contributed by atoms with Crippen molar-refractivity contribution in [1.29, 1.82) is 0 Å². The van der Waals surface area contributed by atoms with Gasteiger partial charge in [-0.3, -0.25) is 4.79 Å². The van der Waals surface area contributed by atoms with E-state index in [4.69, 9.17) is 4.74 Å². The summed E-state index contributed by atoms with van der Waals surface area (Å²) in [6, 6.07) is 15.6. The van der Waals surface area contributed by atoms with E-state index in [1.807, 2.05) is 24.3 Å². The van der Waals surface area contributed by atoms with Crippen molar-refractivity contribution >= 4 is 18.0 Å². The molecular formula is C28H32N2O5. The van der Waals surface area contributed by atoms with E-state index >= 15 is 0 Å². The Labute approximate surface area is 205 Å². The Kier molecular flexibility index (Phi) is 6.50. The summed E-state index contributed by atoms with van der Waals surface area (Å²) in [5.74, 6) is -1.18. The van der Waals surface area contributed by atoms with E-state index in [0.29, 0.717) is 25.8 Å². The number of hydrogen-bond acceptors (Lipinski definition) is 4. The number of carbonyl (C=O) groups excluding carboxylic acids is 2. The van der Waals surface area contributed by atoms with Crippen LogP contribution in [0.5, 0.6) is 0 Å². The third-order valence-electron chi connectivity index (χ3n) is 7.87. The van der Waals surface area contributed by atoms with E-state index in [1.165, 1.54) is 16.0 Å². The molecule has 3 aliphatic rings. The topological polar surface area (TPSA) is 95.9 Å². The lowest BCUT2D eigenvalue weighted by Crippen LogP contribution is -2.54. The molecule has 1 heterocycles. The minimum atomic E-state index is -0.956. The second-order valence-electron chi connectivity index (χ2n) is 10.1. The average molecular weight is 477 g/mol. The highest BCUT2D eigenvalue weighted by molar-refractivity contribution is 5.85. The van der Waals surface area contributed by atoms with Gasteiger partial charge in [0.2, 0.25) is 5.91 Å². The first-order chi connectivity index (χ1) is 17.0. The predicted octanol–water partition coefficient (Wildman–Crippen LogP) is 4.69. The number of ether oxygens (including phenoxy) is 1. The van der Waals surface area contributed by atoms with E-state index in [-0.39, 0.29) is 24.9 Å². The highest BCUT2D eigenvalue weighted by Crippen LogP contribution is 2.44. The quantitative estimate of drug-likeness (QED) is 0.630. The molecular weight excluding hydrogens is 444 g/mol. The molecule has 2 aromatic carbocycles. The number of amides is 2. The number of alkyl carbamates (subject to hydrolysis) is 1. The Hall–Kier alpha value is -3.35. The molecule has 7 nitrogen and oxygen atoms in total. The van der Waals surface area contributed by atoms with Crippen LogP contribution in [0.1, 0.15) is 68.4 Å². The number of hydrogen-bond donors (Lipinski definition) is 2. The summed E-state index contributed by atoms with van der Waals surface area (Å²) in [4.78, 5) is 39.3. The molecule has 1 atom stereocenters. The summed E-state index contributed by atoms with van der Waals surface area (Å²) in [6.07, 6.45) is 4.90. The minimum Gasteiger partial charge on any atom is -0.480 e. The number of carboxylic acid groups (broad SMARTS) is 1. The number of piperidine rings is 1. The van der Waals surface area contributed by atoms with Gasteiger partial charge in [-0.1, -0.05) is 61.4 Å². The number of nitrogens with one attached hydrogen (secondary N) is 1. The first kappa shape index (κ1) is 23.4. The van der Waals surface area contributed by atoms with Crippen molar-refractivity contribution in [3.63, 3.8) is 0 Å². The molecule has 1 saturated heterocycles. The lowest BCUT2D eigenvalue weighted by molar-refractivity contribution is -0.152. The number of likely N-dealkylation sites (tertiary alicyclic amines) is 1. The highest BCUT2D eigenvalue weighted by atomic mass is 16.5. The van der Waals surface area contributed by atoms with Crippen LogP contribution in [0.3, 0.4) is 0 Å². The van der Waals surface area contributed by atoms with Gasteiger partial charge in [0, 0.05) is 12.5 Å². The molecule has 2 aromatic rings. The number of nitrogens with zero attached hydrogens (tertiary/aromatic N) is 1. The van der Waals surface area contributed by atoms with Crippen LogP contribution in [0.2, 0.25) is 0 Å². The van der Waals surface area contributed by atoms with Crippen LogP contribution in [0, 0.1) is 0 Å². The van der Waals surface area contributed by atoms with Crippen molar-refractivity contribution in [3.05, 3.63) is 59.7 Å². The van der Waals surface area contributed by atoms with E-state index in [1.54, 1.807) is 0 Å². The molecule has 184 valence electrons. The number of rotatable bonds is 6. The van der Waals surface area contributed by atoms with Crippen LogP contribution in [-0.4, -0.2) is 52.7 Å². The largest absolute Gasteiger partial charge is 0.480 e. The van der Waals surface area contributed by atoms with Gasteiger partial charge < -0.3 is 20.1 Å². The summed E-state index contributed by atoms with van der Waals surface area (Å²) in [7, 11) is 0. The van der Waals surface area contributed by atoms with Gasteiger partial charge in [-0.2, -0.15) is 0 Å². The maximum Gasteiger partial charge on any atom is 0.407 e. The molecule has 0 bridgehead atoms. The van der Waals surface area contributed by atoms with Crippen LogP contribution >= 0.6 is 0 Å². The first-order valence-electron chi connectivity index (χ1n) is 12.6. The maximum absolute atomic E-state index is 13.2. The zero-order valence-electron chi connectivity index (χ0n) is 19.9. The van der Waals surface area contributed by atoms with Crippen molar-refractivity contribution in [2.24, 2.45) is 0 Å². The minimum absolute atomic E-state index is 0.0287. The molecule has 5 rings (SSSR count). The number of benzene rings is 2. The fourth-order valence-corrected chi connectivity index (χ4v) is 6.13. The Bertz CT molecular complexity index is 1080. The van der Waals surface area contributed by atoms with Gasteiger partial charge in [-0.25, -0.2) is 9.59 Å². The molecule has 2 N–H and O–H groups in total. The SMILES string of the molecule is O=C(NC1(CC(=O)N2CCCC[C@@H]2C(=O)O)CCCC1)OCC1c2ccccc2-c2ccccc21. The average Bonchev–Trinajstić information content (AvgIpc) is 3.45. The van der Waals surface area contributed by atoms with Crippen LogP contribution in [0.4, 0.5) is 4.79 Å². The van der Waals surface area contributed by atoms with Crippen molar-refractivity contribution in [1.82, 2.24) is 10.2 Å². The summed E-state index contributed by atoms with van der Waals surface area (Å²) < 4.78 is 5.74. The maximum atomic E-state index is 13.2. The van der Waals surface area contributed by atoms with Gasteiger partial charge >= 0.3 is 12.1 Å². The van der Waals surface area contributed by atoms with Gasteiger partial charge in [0.25, 0.3) is 0 Å². The Morgan fingerprint density at radius 2 is 1.57 bits per heavy atom. The second-order valence-corrected chi connectivity index (χ2v) is 10.1. The predicted molar refractivity (Wildman–Crippen MR) is 131 cm³/mol. The molecule has 1 aliphatic heterocycles. The highest BCUT2D eigenvalue weighted by Gasteiger charge is 2.41. The fraction of sp³-hybridized carbons (Fsp3) is 0.464.